The van der Waals surface area contributed by atoms with Crippen LogP contribution in [0.4, 0.5) is 5.69 Å². The van der Waals surface area contributed by atoms with Crippen molar-refractivity contribution >= 4 is 34.9 Å². The maximum atomic E-state index is 12.0. The van der Waals surface area contributed by atoms with Crippen LogP contribution in [0.3, 0.4) is 0 Å². The van der Waals surface area contributed by atoms with Gasteiger partial charge in [-0.15, -0.1) is 12.4 Å². The first-order valence-electron chi connectivity index (χ1n) is 11.8. The van der Waals surface area contributed by atoms with Gasteiger partial charge in [-0.3, -0.25) is 14.8 Å². The number of hydrogen-bond acceptors (Lipinski definition) is 5. The molecule has 7 heteroatoms. The van der Waals surface area contributed by atoms with Crippen LogP contribution in [0.25, 0.3) is 22.0 Å². The minimum atomic E-state index is -0.579. The smallest absolute Gasteiger partial charge is 0.229 e. The van der Waals surface area contributed by atoms with E-state index in [2.05, 4.69) is 28.1 Å². The molecular formula is C26H30ClN5O. The molecule has 1 unspecified atom stereocenters. The van der Waals surface area contributed by atoms with Crippen molar-refractivity contribution in [1.82, 2.24) is 9.97 Å². The van der Waals surface area contributed by atoms with Crippen LogP contribution in [0.1, 0.15) is 49.1 Å². The Hall–Kier alpha value is -2.70. The minimum absolute atomic E-state index is 0. The van der Waals surface area contributed by atoms with Gasteiger partial charge in [0, 0.05) is 36.4 Å². The summed E-state index contributed by atoms with van der Waals surface area (Å²) in [5.74, 6) is -0.274. The molecule has 1 atom stereocenters. The third kappa shape index (κ3) is 3.65. The number of benzene rings is 1. The number of aromatic nitrogens is 2. The normalized spacial score (nSPS) is 20.9. The van der Waals surface area contributed by atoms with Gasteiger partial charge in [0.2, 0.25) is 5.91 Å². The molecule has 3 aliphatic rings. The summed E-state index contributed by atoms with van der Waals surface area (Å²) in [5, 5.41) is 1.20. The Labute approximate surface area is 200 Å². The van der Waals surface area contributed by atoms with E-state index in [4.69, 9.17) is 16.5 Å². The molecule has 2 aliphatic carbocycles. The SMILES string of the molecule is Cl.NC(=O)C1(c2cc(-c3ccc4nc5c(c(N6CCC(N)C6)c4c3)CCCC5)ccn2)CC1. The summed E-state index contributed by atoms with van der Waals surface area (Å²) in [6.45, 7) is 1.90. The van der Waals surface area contributed by atoms with Crippen LogP contribution in [0.15, 0.2) is 36.5 Å². The van der Waals surface area contributed by atoms with Crippen molar-refractivity contribution in [3.63, 3.8) is 0 Å². The highest BCUT2D eigenvalue weighted by Gasteiger charge is 2.51. The molecule has 0 bridgehead atoms. The molecular weight excluding hydrogens is 434 g/mol. The molecule has 6 nitrogen and oxygen atoms in total. The lowest BCUT2D eigenvalue weighted by molar-refractivity contribution is -0.120. The summed E-state index contributed by atoms with van der Waals surface area (Å²) in [6.07, 6.45) is 8.97. The predicted molar refractivity (Wildman–Crippen MR) is 134 cm³/mol. The van der Waals surface area contributed by atoms with Gasteiger partial charge in [-0.1, -0.05) is 6.07 Å². The number of nitrogens with two attached hydrogens (primary N) is 2. The molecule has 4 N–H and O–H groups in total. The monoisotopic (exact) mass is 463 g/mol. The number of hydrogen-bond donors (Lipinski definition) is 2. The van der Waals surface area contributed by atoms with E-state index in [-0.39, 0.29) is 24.4 Å². The van der Waals surface area contributed by atoms with Gasteiger partial charge < -0.3 is 16.4 Å². The number of anilines is 1. The Kier molecular flexibility index (Phi) is 5.53. The first-order valence-corrected chi connectivity index (χ1v) is 11.8. The van der Waals surface area contributed by atoms with Crippen molar-refractivity contribution in [2.75, 3.05) is 18.0 Å². The zero-order valence-corrected chi connectivity index (χ0v) is 19.5. The molecule has 6 rings (SSSR count). The van der Waals surface area contributed by atoms with Crippen molar-refractivity contribution in [2.24, 2.45) is 11.5 Å². The second-order valence-corrected chi connectivity index (χ2v) is 9.70. The molecule has 3 aromatic rings. The average molecular weight is 464 g/mol. The fourth-order valence-electron chi connectivity index (χ4n) is 5.56. The number of halogens is 1. The van der Waals surface area contributed by atoms with E-state index in [1.54, 1.807) is 6.20 Å². The number of primary amides is 1. The molecule has 3 heterocycles. The number of nitrogens with zero attached hydrogens (tertiary/aromatic N) is 3. The van der Waals surface area contributed by atoms with Gasteiger partial charge in [0.1, 0.15) is 0 Å². The maximum absolute atomic E-state index is 12.0. The topological polar surface area (TPSA) is 98.1 Å². The maximum Gasteiger partial charge on any atom is 0.229 e. The number of pyridine rings is 2. The lowest BCUT2D eigenvalue weighted by atomic mass is 9.91. The van der Waals surface area contributed by atoms with E-state index in [1.807, 2.05) is 12.1 Å². The number of aryl methyl sites for hydroxylation is 1. The van der Waals surface area contributed by atoms with E-state index in [0.29, 0.717) is 0 Å². The number of amides is 1. The minimum Gasteiger partial charge on any atom is -0.369 e. The Balaban J connectivity index is 0.00000228. The molecule has 172 valence electrons. The van der Waals surface area contributed by atoms with Gasteiger partial charge in [-0.25, -0.2) is 0 Å². The van der Waals surface area contributed by atoms with Crippen molar-refractivity contribution < 1.29 is 4.79 Å². The quantitative estimate of drug-likeness (QED) is 0.615. The highest BCUT2D eigenvalue weighted by molar-refractivity contribution is 5.97. The second kappa shape index (κ2) is 8.26. The number of carbonyl (C=O) groups excluding carboxylic acids is 1. The summed E-state index contributed by atoms with van der Waals surface area (Å²) in [6, 6.07) is 10.8. The van der Waals surface area contributed by atoms with Gasteiger partial charge in [-0.2, -0.15) is 0 Å². The largest absolute Gasteiger partial charge is 0.369 e. The molecule has 33 heavy (non-hydrogen) atoms. The van der Waals surface area contributed by atoms with E-state index in [1.165, 1.54) is 35.2 Å². The Morgan fingerprint density at radius 1 is 1.09 bits per heavy atom. The Morgan fingerprint density at radius 2 is 1.88 bits per heavy atom. The van der Waals surface area contributed by atoms with Gasteiger partial charge >= 0.3 is 0 Å². The number of fused-ring (bicyclic) bond motifs is 2. The summed E-state index contributed by atoms with van der Waals surface area (Å²) >= 11 is 0. The molecule has 1 saturated heterocycles. The lowest BCUT2D eigenvalue weighted by Gasteiger charge is -2.28. The molecule has 0 radical (unpaired) electrons. The zero-order chi connectivity index (χ0) is 21.9. The summed E-state index contributed by atoms with van der Waals surface area (Å²) in [7, 11) is 0. The van der Waals surface area contributed by atoms with E-state index < -0.39 is 5.41 Å². The highest BCUT2D eigenvalue weighted by Crippen LogP contribution is 2.48. The van der Waals surface area contributed by atoms with Crippen LogP contribution in [0, 0.1) is 0 Å². The van der Waals surface area contributed by atoms with Crippen molar-refractivity contribution in [3.05, 3.63) is 53.5 Å². The van der Waals surface area contributed by atoms with E-state index in [9.17, 15) is 4.79 Å². The van der Waals surface area contributed by atoms with Crippen LogP contribution >= 0.6 is 12.4 Å². The van der Waals surface area contributed by atoms with Gasteiger partial charge in [-0.05, 0) is 85.9 Å². The zero-order valence-electron chi connectivity index (χ0n) is 18.7. The van der Waals surface area contributed by atoms with Gasteiger partial charge in [0.25, 0.3) is 0 Å². The lowest BCUT2D eigenvalue weighted by Crippen LogP contribution is -2.29. The fraction of sp³-hybridized carbons (Fsp3) is 0.423. The molecule has 2 fully saturated rings. The third-order valence-electron chi connectivity index (χ3n) is 7.58. The van der Waals surface area contributed by atoms with Crippen LogP contribution in [0.2, 0.25) is 0 Å². The molecule has 2 aromatic heterocycles. The first kappa shape index (κ1) is 22.1. The summed E-state index contributed by atoms with van der Waals surface area (Å²) in [4.78, 5) is 24.1. The predicted octanol–water partition coefficient (Wildman–Crippen LogP) is 3.65. The van der Waals surface area contributed by atoms with E-state index >= 15 is 0 Å². The molecule has 1 aromatic carbocycles. The Morgan fingerprint density at radius 3 is 2.61 bits per heavy atom. The number of rotatable bonds is 4. The molecule has 1 amide bonds. The van der Waals surface area contributed by atoms with Crippen LogP contribution < -0.4 is 16.4 Å². The van der Waals surface area contributed by atoms with Crippen LogP contribution in [-0.2, 0) is 23.1 Å². The van der Waals surface area contributed by atoms with Crippen molar-refractivity contribution in [2.45, 2.75) is 56.4 Å². The highest BCUT2D eigenvalue weighted by atomic mass is 35.5. The first-order chi connectivity index (χ1) is 15.5. The van der Waals surface area contributed by atoms with Crippen LogP contribution in [0.5, 0.6) is 0 Å². The molecule has 0 spiro atoms. The van der Waals surface area contributed by atoms with Crippen LogP contribution in [-0.4, -0.2) is 35.0 Å². The van der Waals surface area contributed by atoms with E-state index in [0.717, 1.165) is 67.5 Å². The van der Waals surface area contributed by atoms with Gasteiger partial charge in [0.15, 0.2) is 0 Å². The Bertz CT molecular complexity index is 1240. The fourth-order valence-corrected chi connectivity index (χ4v) is 5.56. The second-order valence-electron chi connectivity index (χ2n) is 9.70. The average Bonchev–Trinajstić information content (AvgIpc) is 3.53. The van der Waals surface area contributed by atoms with Gasteiger partial charge in [0.05, 0.1) is 22.3 Å². The third-order valence-corrected chi connectivity index (χ3v) is 7.58. The standard InChI is InChI=1S/C26H29N5O.ClH/c27-18-8-12-31(15-18)24-19-3-1-2-4-21(19)30-22-6-5-16(13-20(22)24)17-7-11-29-23(14-17)26(9-10-26)25(28)32;/h5-7,11,13-14,18H,1-4,8-10,12,15,27H2,(H2,28,32);1H. The number of carbonyl (C=O) groups is 1. The van der Waals surface area contributed by atoms with Crippen molar-refractivity contribution in [1.29, 1.82) is 0 Å². The molecule has 1 aliphatic heterocycles. The summed E-state index contributed by atoms with van der Waals surface area (Å²) in [5.41, 5.74) is 19.4. The molecule has 1 saturated carbocycles. The summed E-state index contributed by atoms with van der Waals surface area (Å²) < 4.78 is 0. The van der Waals surface area contributed by atoms with Crippen molar-refractivity contribution in [3.8, 4) is 11.1 Å².